The van der Waals surface area contributed by atoms with Gasteiger partial charge in [0, 0.05) is 35.8 Å². The van der Waals surface area contributed by atoms with Gasteiger partial charge >= 0.3 is 0 Å². The molecule has 3 aromatic rings. The molecule has 2 aliphatic carbocycles. The Morgan fingerprint density at radius 1 is 1.00 bits per heavy atom. The van der Waals surface area contributed by atoms with Crippen LogP contribution in [0, 0.1) is 11.8 Å². The van der Waals surface area contributed by atoms with Crippen molar-refractivity contribution >= 4 is 39.1 Å². The molecular formula is C29H29N3O2S. The van der Waals surface area contributed by atoms with Gasteiger partial charge in [0.25, 0.3) is 5.91 Å². The van der Waals surface area contributed by atoms with Crippen LogP contribution in [-0.2, 0) is 9.59 Å². The average Bonchev–Trinajstić information content (AvgIpc) is 3.81. The predicted octanol–water partition coefficient (Wildman–Crippen LogP) is 5.34. The van der Waals surface area contributed by atoms with E-state index in [1.807, 2.05) is 4.90 Å². The highest BCUT2D eigenvalue weighted by Gasteiger charge is 2.57. The van der Waals surface area contributed by atoms with Gasteiger partial charge in [-0.25, -0.2) is 0 Å². The van der Waals surface area contributed by atoms with Gasteiger partial charge in [0.1, 0.15) is 11.4 Å². The molecule has 1 aromatic heterocycles. The normalized spacial score (nSPS) is 23.3. The molecule has 3 fully saturated rings. The summed E-state index contributed by atoms with van der Waals surface area (Å²) in [4.78, 5) is 35.0. The van der Waals surface area contributed by atoms with Gasteiger partial charge in [-0.05, 0) is 84.5 Å². The van der Waals surface area contributed by atoms with Crippen LogP contribution in [0.4, 0.5) is 0 Å². The largest absolute Gasteiger partial charge is 0.342 e. The van der Waals surface area contributed by atoms with Crippen molar-refractivity contribution < 1.29 is 9.59 Å². The van der Waals surface area contributed by atoms with Gasteiger partial charge in [-0.15, -0.1) is 11.3 Å². The molecule has 2 saturated carbocycles. The highest BCUT2D eigenvalue weighted by Crippen LogP contribution is 2.46. The number of benzene rings is 2. The number of aliphatic imine (C=N–C) groups is 1. The van der Waals surface area contributed by atoms with E-state index in [0.29, 0.717) is 18.4 Å². The molecule has 6 heteroatoms. The number of thiophene rings is 1. The molecule has 1 spiro atoms. The first-order valence-corrected chi connectivity index (χ1v) is 13.8. The molecule has 1 atom stereocenters. The van der Waals surface area contributed by atoms with Crippen molar-refractivity contribution in [1.29, 1.82) is 0 Å². The van der Waals surface area contributed by atoms with Crippen LogP contribution in [-0.4, -0.2) is 52.6 Å². The average molecular weight is 484 g/mol. The highest BCUT2D eigenvalue weighted by molar-refractivity contribution is 7.17. The molecule has 0 bridgehead atoms. The van der Waals surface area contributed by atoms with Crippen LogP contribution in [0.15, 0.2) is 58.9 Å². The molecule has 4 aliphatic rings. The summed E-state index contributed by atoms with van der Waals surface area (Å²) in [6.45, 7) is 2.29. The lowest BCUT2D eigenvalue weighted by Crippen LogP contribution is -2.46. The Labute approximate surface area is 209 Å². The molecule has 0 unspecified atom stereocenters. The second kappa shape index (κ2) is 8.02. The van der Waals surface area contributed by atoms with Crippen molar-refractivity contribution in [3.8, 4) is 11.1 Å². The van der Waals surface area contributed by atoms with Crippen molar-refractivity contribution in [2.45, 2.75) is 44.1 Å². The Morgan fingerprint density at radius 3 is 2.54 bits per heavy atom. The molecule has 1 saturated heterocycles. The van der Waals surface area contributed by atoms with E-state index < -0.39 is 5.54 Å². The lowest BCUT2D eigenvalue weighted by Gasteiger charge is -2.35. The standard InChI is InChI=1S/C29H29N3O2S/c33-27(22-7-8-22)31-14-1-2-19(17-31)18-32-26(30-29(12-13-29)28(32)34)21-5-3-20(4-6-21)23-9-10-25-24(16-23)11-15-35-25/h3-6,9-11,15-16,19,22H,1-2,7-8,12-14,17-18H2/t19-/m0/s1. The van der Waals surface area contributed by atoms with E-state index >= 15 is 0 Å². The van der Waals surface area contributed by atoms with E-state index in [2.05, 4.69) is 58.8 Å². The summed E-state index contributed by atoms with van der Waals surface area (Å²) < 4.78 is 1.30. The number of carbonyl (C=O) groups is 2. The minimum atomic E-state index is -0.518. The molecule has 2 aromatic carbocycles. The van der Waals surface area contributed by atoms with Crippen molar-refractivity contribution in [3.63, 3.8) is 0 Å². The minimum Gasteiger partial charge on any atom is -0.342 e. The van der Waals surface area contributed by atoms with Gasteiger partial charge in [-0.1, -0.05) is 30.3 Å². The summed E-state index contributed by atoms with van der Waals surface area (Å²) >= 11 is 1.76. The Hall–Kier alpha value is -2.99. The summed E-state index contributed by atoms with van der Waals surface area (Å²) in [5, 5.41) is 3.40. The summed E-state index contributed by atoms with van der Waals surface area (Å²) in [7, 11) is 0. The molecule has 2 aliphatic heterocycles. The van der Waals surface area contributed by atoms with Crippen molar-refractivity contribution in [1.82, 2.24) is 9.80 Å². The molecule has 178 valence electrons. The van der Waals surface area contributed by atoms with Crippen LogP contribution < -0.4 is 0 Å². The van der Waals surface area contributed by atoms with Crippen LogP contribution in [0.3, 0.4) is 0 Å². The lowest BCUT2D eigenvalue weighted by molar-refractivity contribution is -0.134. The van der Waals surface area contributed by atoms with Gasteiger partial charge in [0.05, 0.1) is 0 Å². The van der Waals surface area contributed by atoms with Gasteiger partial charge in [0.2, 0.25) is 5.91 Å². The molecular weight excluding hydrogens is 454 g/mol. The molecule has 2 amide bonds. The number of amides is 2. The van der Waals surface area contributed by atoms with Gasteiger partial charge in [-0.2, -0.15) is 0 Å². The van der Waals surface area contributed by atoms with Crippen LogP contribution >= 0.6 is 11.3 Å². The van der Waals surface area contributed by atoms with Crippen molar-refractivity contribution in [3.05, 3.63) is 59.5 Å². The number of rotatable bonds is 5. The van der Waals surface area contributed by atoms with E-state index in [-0.39, 0.29) is 11.8 Å². The molecule has 7 rings (SSSR count). The van der Waals surface area contributed by atoms with Crippen LogP contribution in [0.5, 0.6) is 0 Å². The van der Waals surface area contributed by atoms with Crippen LogP contribution in [0.2, 0.25) is 0 Å². The third kappa shape index (κ3) is 3.79. The van der Waals surface area contributed by atoms with E-state index in [0.717, 1.165) is 63.0 Å². The second-order valence-electron chi connectivity index (χ2n) is 10.7. The van der Waals surface area contributed by atoms with Crippen LogP contribution in [0.1, 0.15) is 44.1 Å². The zero-order valence-corrected chi connectivity index (χ0v) is 20.6. The number of nitrogens with zero attached hydrogens (tertiary/aromatic N) is 3. The lowest BCUT2D eigenvalue weighted by atomic mass is 9.96. The third-order valence-corrected chi connectivity index (χ3v) is 8.97. The number of hydrogen-bond acceptors (Lipinski definition) is 4. The predicted molar refractivity (Wildman–Crippen MR) is 140 cm³/mol. The number of likely N-dealkylation sites (tertiary alicyclic amines) is 1. The maximum Gasteiger partial charge on any atom is 0.256 e. The van der Waals surface area contributed by atoms with Crippen molar-refractivity contribution in [2.75, 3.05) is 19.6 Å². The minimum absolute atomic E-state index is 0.158. The van der Waals surface area contributed by atoms with E-state index in [4.69, 9.17) is 4.99 Å². The number of amidine groups is 1. The van der Waals surface area contributed by atoms with Gasteiger partial charge in [-0.3, -0.25) is 19.5 Å². The number of hydrogen-bond donors (Lipinski definition) is 0. The fourth-order valence-corrected chi connectivity index (χ4v) is 6.48. The Balaban J connectivity index is 1.12. The Morgan fingerprint density at radius 2 is 1.77 bits per heavy atom. The SMILES string of the molecule is O=C(C1CC1)N1CCC[C@H](CN2C(=O)C3(CC3)N=C2c2ccc(-c3ccc4sccc4c3)cc2)C1. The summed E-state index contributed by atoms with van der Waals surface area (Å²) in [5.74, 6) is 1.87. The summed E-state index contributed by atoms with van der Waals surface area (Å²) in [6.07, 6.45) is 5.86. The topological polar surface area (TPSA) is 53.0 Å². The number of fused-ring (bicyclic) bond motifs is 1. The Bertz CT molecular complexity index is 1350. The van der Waals surface area contributed by atoms with E-state index in [1.165, 1.54) is 21.2 Å². The zero-order chi connectivity index (χ0) is 23.6. The third-order valence-electron chi connectivity index (χ3n) is 8.07. The molecule has 5 nitrogen and oxygen atoms in total. The smallest absolute Gasteiger partial charge is 0.256 e. The quantitative estimate of drug-likeness (QED) is 0.492. The van der Waals surface area contributed by atoms with Crippen molar-refractivity contribution in [2.24, 2.45) is 16.8 Å². The molecule has 0 radical (unpaired) electrons. The van der Waals surface area contributed by atoms with Gasteiger partial charge < -0.3 is 4.90 Å². The second-order valence-corrected chi connectivity index (χ2v) is 11.6. The number of carbonyl (C=O) groups excluding carboxylic acids is 2. The first-order valence-electron chi connectivity index (χ1n) is 12.9. The molecule has 35 heavy (non-hydrogen) atoms. The summed E-state index contributed by atoms with van der Waals surface area (Å²) in [6, 6.07) is 17.3. The monoisotopic (exact) mass is 483 g/mol. The first-order chi connectivity index (χ1) is 17.1. The zero-order valence-electron chi connectivity index (χ0n) is 19.8. The van der Waals surface area contributed by atoms with E-state index in [1.54, 1.807) is 11.3 Å². The van der Waals surface area contributed by atoms with E-state index in [9.17, 15) is 9.59 Å². The molecule has 3 heterocycles. The Kier molecular flexibility index (Phi) is 4.88. The fraction of sp³-hybridized carbons (Fsp3) is 0.414. The maximum absolute atomic E-state index is 13.4. The maximum atomic E-state index is 13.4. The fourth-order valence-electron chi connectivity index (χ4n) is 5.71. The highest BCUT2D eigenvalue weighted by atomic mass is 32.1. The first kappa shape index (κ1) is 21.3. The summed E-state index contributed by atoms with van der Waals surface area (Å²) in [5.41, 5.74) is 2.85. The molecule has 0 N–H and O–H groups in total. The number of piperidine rings is 1. The van der Waals surface area contributed by atoms with Gasteiger partial charge in [0.15, 0.2) is 0 Å². The van der Waals surface area contributed by atoms with Crippen LogP contribution in [0.25, 0.3) is 21.2 Å².